The number of carbonyl (C=O) groups is 2. The number of nitrogens with zero attached hydrogens (tertiary/aromatic N) is 2. The zero-order valence-corrected chi connectivity index (χ0v) is 19.5. The van der Waals surface area contributed by atoms with E-state index in [9.17, 15) is 14.7 Å². The molecule has 1 aromatic carbocycles. The number of carbonyl (C=O) groups excluding carboxylic acids is 1. The van der Waals surface area contributed by atoms with Gasteiger partial charge in [0.05, 0.1) is 17.7 Å². The van der Waals surface area contributed by atoms with Crippen LogP contribution in [-0.4, -0.2) is 45.8 Å². The Balaban J connectivity index is 1.38. The van der Waals surface area contributed by atoms with E-state index >= 15 is 0 Å². The Labute approximate surface area is 195 Å². The topological polar surface area (TPSA) is 81.0 Å². The van der Waals surface area contributed by atoms with E-state index in [1.165, 1.54) is 12.8 Å². The van der Waals surface area contributed by atoms with Crippen molar-refractivity contribution in [1.82, 2.24) is 9.47 Å². The molecule has 0 aliphatic heterocycles. The summed E-state index contributed by atoms with van der Waals surface area (Å²) >= 11 is 0. The van der Waals surface area contributed by atoms with E-state index in [2.05, 4.69) is 0 Å². The molecule has 1 aromatic heterocycles. The number of ether oxygens (including phenoxy) is 2. The lowest BCUT2D eigenvalue weighted by molar-refractivity contribution is -0.143. The number of aryl methyl sites for hydroxylation is 1. The summed E-state index contributed by atoms with van der Waals surface area (Å²) in [6.07, 6.45) is 9.12. The summed E-state index contributed by atoms with van der Waals surface area (Å²) in [5.41, 5.74) is 2.96. The van der Waals surface area contributed by atoms with Crippen molar-refractivity contribution in [3.63, 3.8) is 0 Å². The third-order valence-corrected chi connectivity index (χ3v) is 7.11. The van der Waals surface area contributed by atoms with Gasteiger partial charge in [0, 0.05) is 25.0 Å². The second-order valence-corrected chi connectivity index (χ2v) is 9.35. The van der Waals surface area contributed by atoms with Gasteiger partial charge in [-0.2, -0.15) is 0 Å². The second kappa shape index (κ2) is 10.3. The van der Waals surface area contributed by atoms with Gasteiger partial charge in [-0.05, 0) is 81.3 Å². The maximum Gasteiger partial charge on any atom is 0.410 e. The zero-order valence-electron chi connectivity index (χ0n) is 19.5. The van der Waals surface area contributed by atoms with E-state index in [1.54, 1.807) is 4.90 Å². The van der Waals surface area contributed by atoms with Crippen LogP contribution in [-0.2, 0) is 16.1 Å². The fourth-order valence-corrected chi connectivity index (χ4v) is 5.01. The minimum Gasteiger partial charge on any atom is -0.490 e. The predicted molar refractivity (Wildman–Crippen MR) is 125 cm³/mol. The van der Waals surface area contributed by atoms with Crippen molar-refractivity contribution in [2.24, 2.45) is 5.92 Å². The van der Waals surface area contributed by atoms with Gasteiger partial charge >= 0.3 is 12.1 Å². The van der Waals surface area contributed by atoms with Crippen LogP contribution < -0.4 is 4.74 Å². The van der Waals surface area contributed by atoms with Crippen LogP contribution in [0.2, 0.25) is 0 Å². The average Bonchev–Trinajstić information content (AvgIpc) is 3.48. The summed E-state index contributed by atoms with van der Waals surface area (Å²) in [6.45, 7) is 2.23. The predicted octanol–water partition coefficient (Wildman–Crippen LogP) is 5.32. The summed E-state index contributed by atoms with van der Waals surface area (Å²) in [4.78, 5) is 25.6. The number of hydrogen-bond acceptors (Lipinski definition) is 4. The van der Waals surface area contributed by atoms with Crippen molar-refractivity contribution < 1.29 is 24.2 Å². The molecule has 1 N–H and O–H groups in total. The number of aromatic nitrogens is 1. The molecule has 2 fully saturated rings. The van der Waals surface area contributed by atoms with Crippen LogP contribution in [0.15, 0.2) is 36.5 Å². The molecule has 7 nitrogen and oxygen atoms in total. The second-order valence-electron chi connectivity index (χ2n) is 9.35. The van der Waals surface area contributed by atoms with Crippen molar-refractivity contribution in [3.8, 4) is 11.4 Å². The summed E-state index contributed by atoms with van der Waals surface area (Å²) in [6, 6.07) is 10.1. The van der Waals surface area contributed by atoms with Gasteiger partial charge in [-0.1, -0.05) is 12.8 Å². The largest absolute Gasteiger partial charge is 0.490 e. The lowest BCUT2D eigenvalue weighted by atomic mass is 9.87. The summed E-state index contributed by atoms with van der Waals surface area (Å²) in [5, 5.41) is 9.28. The molecule has 1 heterocycles. The molecule has 0 unspecified atom stereocenters. The first kappa shape index (κ1) is 23.2. The van der Waals surface area contributed by atoms with Crippen molar-refractivity contribution in [2.45, 2.75) is 77.0 Å². The van der Waals surface area contributed by atoms with E-state index < -0.39 is 5.97 Å². The molecule has 2 aliphatic carbocycles. The van der Waals surface area contributed by atoms with E-state index in [1.807, 2.05) is 55.1 Å². The highest BCUT2D eigenvalue weighted by molar-refractivity contribution is 5.70. The first-order valence-electron chi connectivity index (χ1n) is 12.0. The fraction of sp³-hybridized carbons (Fsp3) is 0.538. The van der Waals surface area contributed by atoms with Gasteiger partial charge in [0.15, 0.2) is 0 Å². The molecule has 0 radical (unpaired) electrons. The molecule has 4 rings (SSSR count). The normalized spacial score (nSPS) is 21.0. The standard InChI is InChI=1S/C26H34N2O5/c1-18-14-15-28(24(18)17-32-26(31)27(2)20-7-3-4-8-20)21-10-12-22(13-11-21)33-23-9-5-6-19(16-23)25(29)30/h10-15,19-20,23H,3-9,16-17H2,1-2H3,(H,29,30)/t19-,23-/m0/s1. The quantitative estimate of drug-likeness (QED) is 0.612. The average molecular weight is 455 g/mol. The molecule has 1 amide bonds. The first-order chi connectivity index (χ1) is 15.9. The van der Waals surface area contributed by atoms with E-state index in [0.29, 0.717) is 6.42 Å². The molecule has 2 aromatic rings. The Morgan fingerprint density at radius 1 is 1.06 bits per heavy atom. The van der Waals surface area contributed by atoms with Gasteiger partial charge in [-0.3, -0.25) is 4.79 Å². The highest BCUT2D eigenvalue weighted by atomic mass is 16.6. The summed E-state index contributed by atoms with van der Waals surface area (Å²) < 4.78 is 13.8. The Hall–Kier alpha value is -2.96. The molecule has 178 valence electrons. The maximum atomic E-state index is 12.5. The first-order valence-corrected chi connectivity index (χ1v) is 12.0. The number of carboxylic acid groups (broad SMARTS) is 1. The highest BCUT2D eigenvalue weighted by Crippen LogP contribution is 2.29. The van der Waals surface area contributed by atoms with Crippen molar-refractivity contribution in [1.29, 1.82) is 0 Å². The van der Waals surface area contributed by atoms with E-state index in [0.717, 1.165) is 54.8 Å². The van der Waals surface area contributed by atoms with Gasteiger partial charge in [0.1, 0.15) is 12.4 Å². The Kier molecular flexibility index (Phi) is 7.26. The molecule has 7 heteroatoms. The minimum atomic E-state index is -0.732. The highest BCUT2D eigenvalue weighted by Gasteiger charge is 2.28. The minimum absolute atomic E-state index is 0.0636. The van der Waals surface area contributed by atoms with Crippen LogP contribution >= 0.6 is 0 Å². The molecule has 0 spiro atoms. The van der Waals surface area contributed by atoms with Crippen LogP contribution in [0.4, 0.5) is 4.79 Å². The van der Waals surface area contributed by atoms with Crippen molar-refractivity contribution >= 4 is 12.1 Å². The molecule has 2 aliphatic rings. The maximum absolute atomic E-state index is 12.5. The molecular weight excluding hydrogens is 420 g/mol. The lowest BCUT2D eigenvalue weighted by Gasteiger charge is -2.27. The fourth-order valence-electron chi connectivity index (χ4n) is 5.01. The van der Waals surface area contributed by atoms with Crippen LogP contribution in [0, 0.1) is 12.8 Å². The Morgan fingerprint density at radius 2 is 1.79 bits per heavy atom. The summed E-state index contributed by atoms with van der Waals surface area (Å²) in [7, 11) is 1.83. The smallest absolute Gasteiger partial charge is 0.410 e. The van der Waals surface area contributed by atoms with Gasteiger partial charge < -0.3 is 24.0 Å². The number of benzene rings is 1. The van der Waals surface area contributed by atoms with Gasteiger partial charge in [0.2, 0.25) is 0 Å². The molecule has 0 saturated heterocycles. The number of hydrogen-bond donors (Lipinski definition) is 1. The van der Waals surface area contributed by atoms with Crippen LogP contribution in [0.3, 0.4) is 0 Å². The van der Waals surface area contributed by atoms with E-state index in [-0.39, 0.29) is 30.8 Å². The molecule has 33 heavy (non-hydrogen) atoms. The number of rotatable bonds is 7. The van der Waals surface area contributed by atoms with Gasteiger partial charge in [-0.15, -0.1) is 0 Å². The summed E-state index contributed by atoms with van der Waals surface area (Å²) in [5.74, 6) is -0.307. The van der Waals surface area contributed by atoms with Gasteiger partial charge in [0.25, 0.3) is 0 Å². The number of carboxylic acids is 1. The van der Waals surface area contributed by atoms with Crippen molar-refractivity contribution in [3.05, 3.63) is 47.8 Å². The zero-order chi connectivity index (χ0) is 23.4. The van der Waals surface area contributed by atoms with E-state index in [4.69, 9.17) is 9.47 Å². The SMILES string of the molecule is Cc1ccn(-c2ccc(O[C@H]3CCC[C@H](C(=O)O)C3)cc2)c1COC(=O)N(C)C1CCCC1. The molecule has 2 atom stereocenters. The third kappa shape index (κ3) is 5.52. The third-order valence-electron chi connectivity index (χ3n) is 7.11. The lowest BCUT2D eigenvalue weighted by Crippen LogP contribution is -2.35. The Bertz CT molecular complexity index is 962. The Morgan fingerprint density at radius 3 is 2.48 bits per heavy atom. The number of amides is 1. The molecule has 2 saturated carbocycles. The molecular formula is C26H34N2O5. The van der Waals surface area contributed by atoms with Crippen LogP contribution in [0.5, 0.6) is 5.75 Å². The molecule has 0 bridgehead atoms. The monoisotopic (exact) mass is 454 g/mol. The van der Waals surface area contributed by atoms with Crippen LogP contribution in [0.25, 0.3) is 5.69 Å². The van der Waals surface area contributed by atoms with Crippen molar-refractivity contribution in [2.75, 3.05) is 7.05 Å². The van der Waals surface area contributed by atoms with Crippen LogP contribution in [0.1, 0.15) is 62.6 Å². The number of aliphatic carboxylic acids is 1. The van der Waals surface area contributed by atoms with Gasteiger partial charge in [-0.25, -0.2) is 4.79 Å².